The fourth-order valence-corrected chi connectivity index (χ4v) is 6.10. The SMILES string of the molecule is CC1=CC=C(C[C@H](C)OCc2ccccc2)[N+]1(c1ccc(S(C)(=O)=O)c(C)c1)c1ccc(F)cc1C. The van der Waals surface area contributed by atoms with Gasteiger partial charge in [-0.1, -0.05) is 30.3 Å². The van der Waals surface area contributed by atoms with E-state index in [-0.39, 0.29) is 16.4 Å². The van der Waals surface area contributed by atoms with Crippen LogP contribution < -0.4 is 4.48 Å². The van der Waals surface area contributed by atoms with Crippen LogP contribution in [0.2, 0.25) is 0 Å². The number of ether oxygens (including phenoxy) is 1. The molecule has 3 aromatic rings. The van der Waals surface area contributed by atoms with Crippen molar-refractivity contribution in [2.45, 2.75) is 51.7 Å². The van der Waals surface area contributed by atoms with E-state index in [2.05, 4.69) is 26.0 Å². The van der Waals surface area contributed by atoms with Gasteiger partial charge >= 0.3 is 0 Å². The maximum atomic E-state index is 14.2. The van der Waals surface area contributed by atoms with Gasteiger partial charge in [-0.3, -0.25) is 0 Å². The van der Waals surface area contributed by atoms with Gasteiger partial charge in [-0.05, 0) is 50.1 Å². The Morgan fingerprint density at radius 3 is 2.28 bits per heavy atom. The summed E-state index contributed by atoms with van der Waals surface area (Å²) in [5.41, 5.74) is 6.56. The van der Waals surface area contributed by atoms with E-state index in [0.29, 0.717) is 23.5 Å². The van der Waals surface area contributed by atoms with Gasteiger partial charge in [0.1, 0.15) is 22.9 Å². The maximum absolute atomic E-state index is 14.2. The first kappa shape index (κ1) is 26.0. The molecule has 0 aromatic heterocycles. The zero-order valence-electron chi connectivity index (χ0n) is 21.5. The Hall–Kier alpha value is -3.06. The molecule has 2 atom stereocenters. The van der Waals surface area contributed by atoms with E-state index in [9.17, 15) is 12.8 Å². The van der Waals surface area contributed by atoms with Gasteiger partial charge in [0, 0.05) is 55.5 Å². The Labute approximate surface area is 213 Å². The molecule has 4 rings (SSSR count). The molecule has 0 radical (unpaired) electrons. The first-order valence-corrected chi connectivity index (χ1v) is 13.9. The number of benzene rings is 3. The maximum Gasteiger partial charge on any atom is 0.175 e. The molecule has 4 nitrogen and oxygen atoms in total. The molecular formula is C30H33FNO3S+. The zero-order chi connectivity index (χ0) is 26.1. The summed E-state index contributed by atoms with van der Waals surface area (Å²) < 4.78 is 45.3. The van der Waals surface area contributed by atoms with Crippen LogP contribution in [-0.2, 0) is 21.2 Å². The van der Waals surface area contributed by atoms with E-state index in [1.165, 1.54) is 12.3 Å². The van der Waals surface area contributed by atoms with Crippen LogP contribution in [0.5, 0.6) is 0 Å². The quantitative estimate of drug-likeness (QED) is 0.302. The molecule has 1 aliphatic rings. The van der Waals surface area contributed by atoms with E-state index in [1.807, 2.05) is 62.4 Å². The summed E-state index contributed by atoms with van der Waals surface area (Å²) in [6, 6.07) is 20.4. The average Bonchev–Trinajstić information content (AvgIpc) is 3.13. The summed E-state index contributed by atoms with van der Waals surface area (Å²) in [5.74, 6) is -0.288. The van der Waals surface area contributed by atoms with Gasteiger partial charge in [-0.25, -0.2) is 17.3 Å². The molecule has 0 amide bonds. The molecule has 0 aliphatic carbocycles. The number of quaternary nitrogens is 1. The Bertz CT molecular complexity index is 1440. The minimum absolute atomic E-state index is 0.0783. The van der Waals surface area contributed by atoms with Crippen molar-refractivity contribution in [3.05, 3.63) is 113 Å². The Kier molecular flexibility index (Phi) is 7.32. The topological polar surface area (TPSA) is 43.4 Å². The van der Waals surface area contributed by atoms with Gasteiger partial charge in [0.25, 0.3) is 0 Å². The van der Waals surface area contributed by atoms with E-state index < -0.39 is 9.84 Å². The third-order valence-electron chi connectivity index (χ3n) is 6.82. The van der Waals surface area contributed by atoms with Gasteiger partial charge in [-0.2, -0.15) is 0 Å². The highest BCUT2D eigenvalue weighted by molar-refractivity contribution is 7.90. The van der Waals surface area contributed by atoms with Crippen LogP contribution in [0.1, 0.15) is 37.0 Å². The number of aryl methyl sites for hydroxylation is 2. The lowest BCUT2D eigenvalue weighted by Crippen LogP contribution is -2.41. The summed E-state index contributed by atoms with van der Waals surface area (Å²) in [5, 5.41) is 0. The molecule has 36 heavy (non-hydrogen) atoms. The van der Waals surface area contributed by atoms with E-state index in [0.717, 1.165) is 33.9 Å². The number of sulfone groups is 1. The lowest BCUT2D eigenvalue weighted by atomic mass is 10.0. The summed E-state index contributed by atoms with van der Waals surface area (Å²) in [7, 11) is -3.36. The van der Waals surface area contributed by atoms with Crippen LogP contribution in [-0.4, -0.2) is 20.8 Å². The number of halogens is 1. The normalized spacial score (nSPS) is 18.6. The van der Waals surface area contributed by atoms with Crippen LogP contribution in [0.3, 0.4) is 0 Å². The molecular weight excluding hydrogens is 473 g/mol. The highest BCUT2D eigenvalue weighted by atomic mass is 32.2. The number of hydrogen-bond donors (Lipinski definition) is 0. The second-order valence-electron chi connectivity index (χ2n) is 9.60. The van der Waals surface area contributed by atoms with Crippen molar-refractivity contribution in [2.75, 3.05) is 6.26 Å². The fourth-order valence-electron chi connectivity index (χ4n) is 5.14. The minimum Gasteiger partial charge on any atom is -0.373 e. The van der Waals surface area contributed by atoms with Crippen molar-refractivity contribution < 1.29 is 17.5 Å². The third-order valence-corrected chi connectivity index (χ3v) is 8.07. The number of hydrogen-bond acceptors (Lipinski definition) is 3. The molecule has 0 saturated heterocycles. The van der Waals surface area contributed by atoms with Gasteiger partial charge in [0.2, 0.25) is 0 Å². The van der Waals surface area contributed by atoms with Crippen molar-refractivity contribution in [3.63, 3.8) is 0 Å². The van der Waals surface area contributed by atoms with Crippen molar-refractivity contribution in [1.29, 1.82) is 0 Å². The number of allylic oxidation sites excluding steroid dienone is 3. The predicted molar refractivity (Wildman–Crippen MR) is 144 cm³/mol. The summed E-state index contributed by atoms with van der Waals surface area (Å²) in [6.45, 7) is 8.36. The van der Waals surface area contributed by atoms with E-state index >= 15 is 0 Å². The van der Waals surface area contributed by atoms with Crippen molar-refractivity contribution in [3.8, 4) is 0 Å². The van der Waals surface area contributed by atoms with Gasteiger partial charge in [0.15, 0.2) is 15.5 Å². The first-order chi connectivity index (χ1) is 17.0. The van der Waals surface area contributed by atoms with Crippen LogP contribution in [0.25, 0.3) is 0 Å². The Balaban J connectivity index is 1.79. The molecule has 0 N–H and O–H groups in total. The van der Waals surface area contributed by atoms with Crippen molar-refractivity contribution in [2.24, 2.45) is 0 Å². The molecule has 0 saturated carbocycles. The first-order valence-electron chi connectivity index (χ1n) is 12.0. The molecule has 1 aliphatic heterocycles. The number of nitrogens with zero attached hydrogens (tertiary/aromatic N) is 1. The summed E-state index contributed by atoms with van der Waals surface area (Å²) >= 11 is 0. The lowest BCUT2D eigenvalue weighted by Gasteiger charge is -2.38. The molecule has 6 heteroatoms. The van der Waals surface area contributed by atoms with Crippen molar-refractivity contribution in [1.82, 2.24) is 4.48 Å². The number of rotatable bonds is 8. The smallest absolute Gasteiger partial charge is 0.175 e. The average molecular weight is 507 g/mol. The zero-order valence-corrected chi connectivity index (χ0v) is 22.3. The molecule has 0 bridgehead atoms. The summed E-state index contributed by atoms with van der Waals surface area (Å²) in [4.78, 5) is 0.311. The van der Waals surface area contributed by atoms with Crippen LogP contribution in [0.15, 0.2) is 95.2 Å². The van der Waals surface area contributed by atoms with E-state index in [4.69, 9.17) is 4.74 Å². The highest BCUT2D eigenvalue weighted by Crippen LogP contribution is 2.50. The molecule has 1 unspecified atom stereocenters. The fraction of sp³-hybridized carbons (Fsp3) is 0.267. The molecule has 0 spiro atoms. The lowest BCUT2D eigenvalue weighted by molar-refractivity contribution is 0.0511. The third kappa shape index (κ3) is 4.94. The largest absolute Gasteiger partial charge is 0.373 e. The summed E-state index contributed by atoms with van der Waals surface area (Å²) in [6.07, 6.45) is 5.99. The molecule has 188 valence electrons. The van der Waals surface area contributed by atoms with Crippen LogP contribution >= 0.6 is 0 Å². The van der Waals surface area contributed by atoms with Crippen LogP contribution in [0.4, 0.5) is 15.8 Å². The van der Waals surface area contributed by atoms with Gasteiger partial charge in [0.05, 0.1) is 17.6 Å². The Morgan fingerprint density at radius 1 is 0.917 bits per heavy atom. The minimum atomic E-state index is -3.36. The second kappa shape index (κ2) is 10.1. The standard InChI is InChI=1S/C30H33FNO3S/c1-21-17-26(31)12-15-29(21)32(27-14-16-30(22(2)18-27)36(5,33)34)23(3)11-13-28(32)19-24(4)35-20-25-9-7-6-8-10-25/h6-18,24H,19-20H2,1-5H3/q+1/t24-,32?/m0/s1. The highest BCUT2D eigenvalue weighted by Gasteiger charge is 2.45. The van der Waals surface area contributed by atoms with Gasteiger partial charge in [-0.15, -0.1) is 0 Å². The van der Waals surface area contributed by atoms with E-state index in [1.54, 1.807) is 12.1 Å². The monoisotopic (exact) mass is 506 g/mol. The predicted octanol–water partition coefficient (Wildman–Crippen LogP) is 7.28. The van der Waals surface area contributed by atoms with Crippen molar-refractivity contribution >= 4 is 21.2 Å². The molecule has 1 heterocycles. The van der Waals surface area contributed by atoms with Crippen LogP contribution in [0, 0.1) is 19.7 Å². The Morgan fingerprint density at radius 2 is 1.64 bits per heavy atom. The van der Waals surface area contributed by atoms with Gasteiger partial charge < -0.3 is 4.74 Å². The molecule has 0 fully saturated rings. The second-order valence-corrected chi connectivity index (χ2v) is 11.6. The molecule has 3 aromatic carbocycles.